The van der Waals surface area contributed by atoms with Crippen molar-refractivity contribution in [2.45, 2.75) is 18.5 Å². The Morgan fingerprint density at radius 2 is 1.88 bits per heavy atom. The number of hydrogen-bond acceptors (Lipinski definition) is 6. The van der Waals surface area contributed by atoms with Gasteiger partial charge in [0.1, 0.15) is 5.75 Å². The monoisotopic (exact) mass is 362 g/mol. The molecule has 0 spiro atoms. The summed E-state index contributed by atoms with van der Waals surface area (Å²) in [5.74, 6) is 2.52. The van der Waals surface area contributed by atoms with E-state index in [9.17, 15) is 9.90 Å². The summed E-state index contributed by atoms with van der Waals surface area (Å²) in [7, 11) is 0. The van der Waals surface area contributed by atoms with Crippen molar-refractivity contribution in [2.24, 2.45) is 0 Å². The van der Waals surface area contributed by atoms with Crippen LogP contribution < -0.4 is 10.2 Å². The SMILES string of the molecule is O=C([C@@H]1C[C@H](N2CCN(c3ccc(O)cc3)CC2)CN1)N1CCSC1. The molecule has 3 saturated heterocycles. The Balaban J connectivity index is 1.28. The minimum atomic E-state index is -0.00109. The summed E-state index contributed by atoms with van der Waals surface area (Å²) in [5.41, 5.74) is 1.17. The third-order valence-electron chi connectivity index (χ3n) is 5.52. The maximum absolute atomic E-state index is 12.5. The summed E-state index contributed by atoms with van der Waals surface area (Å²) in [4.78, 5) is 19.4. The third-order valence-corrected chi connectivity index (χ3v) is 6.48. The average Bonchev–Trinajstić information content (AvgIpc) is 3.34. The van der Waals surface area contributed by atoms with E-state index in [1.807, 2.05) is 28.8 Å². The molecule has 2 atom stereocenters. The number of carbonyl (C=O) groups is 1. The molecule has 25 heavy (non-hydrogen) atoms. The van der Waals surface area contributed by atoms with Gasteiger partial charge < -0.3 is 20.2 Å². The highest BCUT2D eigenvalue weighted by Gasteiger charge is 2.36. The second-order valence-electron chi connectivity index (χ2n) is 7.03. The van der Waals surface area contributed by atoms with Gasteiger partial charge in [0.15, 0.2) is 0 Å². The summed E-state index contributed by atoms with van der Waals surface area (Å²) in [6.07, 6.45) is 0.930. The number of thioether (sulfide) groups is 1. The summed E-state index contributed by atoms with van der Waals surface area (Å²) >= 11 is 1.84. The molecule has 3 aliphatic heterocycles. The van der Waals surface area contributed by atoms with Crippen molar-refractivity contribution < 1.29 is 9.90 Å². The maximum atomic E-state index is 12.5. The molecule has 4 rings (SSSR count). The van der Waals surface area contributed by atoms with Crippen molar-refractivity contribution in [3.8, 4) is 5.75 Å². The van der Waals surface area contributed by atoms with Gasteiger partial charge in [-0.3, -0.25) is 9.69 Å². The zero-order valence-electron chi connectivity index (χ0n) is 14.4. The van der Waals surface area contributed by atoms with Gasteiger partial charge in [0, 0.05) is 56.8 Å². The van der Waals surface area contributed by atoms with Crippen LogP contribution in [-0.2, 0) is 4.79 Å². The van der Waals surface area contributed by atoms with E-state index in [4.69, 9.17) is 0 Å². The zero-order valence-corrected chi connectivity index (χ0v) is 15.2. The zero-order chi connectivity index (χ0) is 17.2. The minimum Gasteiger partial charge on any atom is -0.508 e. The highest BCUT2D eigenvalue weighted by Crippen LogP contribution is 2.23. The third kappa shape index (κ3) is 3.73. The lowest BCUT2D eigenvalue weighted by Crippen LogP contribution is -2.51. The molecule has 7 heteroatoms. The van der Waals surface area contributed by atoms with E-state index in [1.54, 1.807) is 12.1 Å². The van der Waals surface area contributed by atoms with Crippen LogP contribution >= 0.6 is 11.8 Å². The van der Waals surface area contributed by atoms with Crippen LogP contribution in [0.1, 0.15) is 6.42 Å². The quantitative estimate of drug-likeness (QED) is 0.829. The highest BCUT2D eigenvalue weighted by atomic mass is 32.2. The molecule has 1 amide bonds. The van der Waals surface area contributed by atoms with Gasteiger partial charge in [0.2, 0.25) is 5.91 Å². The lowest BCUT2D eigenvalue weighted by atomic mass is 10.1. The number of carbonyl (C=O) groups excluding carboxylic acids is 1. The van der Waals surface area contributed by atoms with Gasteiger partial charge in [-0.05, 0) is 30.7 Å². The standard InChI is InChI=1S/C18H26N4O2S/c23-16-3-1-14(2-4-16)20-5-7-21(8-6-20)15-11-17(19-12-15)18(24)22-9-10-25-13-22/h1-4,15,17,19,23H,5-13H2/t15-,17-/m0/s1. The van der Waals surface area contributed by atoms with E-state index >= 15 is 0 Å². The molecular formula is C18H26N4O2S. The van der Waals surface area contributed by atoms with Crippen LogP contribution in [0.5, 0.6) is 5.75 Å². The van der Waals surface area contributed by atoms with Crippen molar-refractivity contribution in [1.82, 2.24) is 15.1 Å². The van der Waals surface area contributed by atoms with Gasteiger partial charge in [-0.25, -0.2) is 0 Å². The number of piperazine rings is 1. The predicted molar refractivity (Wildman–Crippen MR) is 101 cm³/mol. The van der Waals surface area contributed by atoms with Crippen LogP contribution in [0.25, 0.3) is 0 Å². The number of anilines is 1. The fourth-order valence-electron chi connectivity index (χ4n) is 4.00. The van der Waals surface area contributed by atoms with Crippen molar-refractivity contribution in [1.29, 1.82) is 0 Å². The van der Waals surface area contributed by atoms with E-state index in [2.05, 4.69) is 15.1 Å². The Morgan fingerprint density at radius 3 is 2.56 bits per heavy atom. The molecule has 0 aromatic heterocycles. The number of amides is 1. The molecule has 136 valence electrons. The number of phenolic OH excluding ortho intramolecular Hbond substituents is 1. The van der Waals surface area contributed by atoms with Crippen molar-refractivity contribution >= 4 is 23.4 Å². The van der Waals surface area contributed by atoms with Crippen LogP contribution in [0.4, 0.5) is 5.69 Å². The Hall–Kier alpha value is -1.44. The molecule has 0 saturated carbocycles. The molecule has 1 aromatic rings. The summed E-state index contributed by atoms with van der Waals surface area (Å²) in [5, 5.41) is 12.9. The number of phenols is 1. The second kappa shape index (κ2) is 7.43. The number of hydrogen-bond donors (Lipinski definition) is 2. The van der Waals surface area contributed by atoms with Crippen LogP contribution in [0.3, 0.4) is 0 Å². The molecule has 0 bridgehead atoms. The molecule has 3 fully saturated rings. The molecule has 3 heterocycles. The van der Waals surface area contributed by atoms with Gasteiger partial charge in [0.25, 0.3) is 0 Å². The predicted octanol–water partition coefficient (Wildman–Crippen LogP) is 0.778. The molecule has 0 aliphatic carbocycles. The van der Waals surface area contributed by atoms with Gasteiger partial charge in [0.05, 0.1) is 11.9 Å². The summed E-state index contributed by atoms with van der Waals surface area (Å²) in [6, 6.07) is 7.91. The second-order valence-corrected chi connectivity index (χ2v) is 8.10. The van der Waals surface area contributed by atoms with Crippen LogP contribution in [0.15, 0.2) is 24.3 Å². The molecule has 0 radical (unpaired) electrons. The minimum absolute atomic E-state index is 0.00109. The fraction of sp³-hybridized carbons (Fsp3) is 0.611. The van der Waals surface area contributed by atoms with Crippen molar-refractivity contribution in [3.05, 3.63) is 24.3 Å². The van der Waals surface area contributed by atoms with Gasteiger partial charge in [-0.1, -0.05) is 0 Å². The molecule has 0 unspecified atom stereocenters. The van der Waals surface area contributed by atoms with Gasteiger partial charge in [-0.15, -0.1) is 11.8 Å². The molecule has 3 aliphatic rings. The smallest absolute Gasteiger partial charge is 0.240 e. The molecule has 1 aromatic carbocycles. The number of rotatable bonds is 3. The van der Waals surface area contributed by atoms with Gasteiger partial charge in [-0.2, -0.15) is 0 Å². The summed E-state index contributed by atoms with van der Waals surface area (Å²) in [6.45, 7) is 5.83. The van der Waals surface area contributed by atoms with E-state index in [1.165, 1.54) is 5.69 Å². The van der Waals surface area contributed by atoms with Crippen LogP contribution in [0, 0.1) is 0 Å². The van der Waals surface area contributed by atoms with E-state index in [-0.39, 0.29) is 11.9 Å². The average molecular weight is 362 g/mol. The Labute approximate surface area is 153 Å². The first-order valence-corrected chi connectivity index (χ1v) is 10.2. The lowest BCUT2D eigenvalue weighted by Gasteiger charge is -2.39. The highest BCUT2D eigenvalue weighted by molar-refractivity contribution is 7.99. The first kappa shape index (κ1) is 17.0. The summed E-state index contributed by atoms with van der Waals surface area (Å²) < 4.78 is 0. The number of aromatic hydroxyl groups is 1. The molecular weight excluding hydrogens is 336 g/mol. The first-order valence-electron chi connectivity index (χ1n) is 9.08. The van der Waals surface area contributed by atoms with E-state index in [0.717, 1.165) is 57.3 Å². The van der Waals surface area contributed by atoms with Crippen LogP contribution in [-0.4, -0.2) is 83.8 Å². The topological polar surface area (TPSA) is 59.1 Å². The van der Waals surface area contributed by atoms with E-state index < -0.39 is 0 Å². The Bertz CT molecular complexity index is 598. The largest absolute Gasteiger partial charge is 0.508 e. The molecule has 2 N–H and O–H groups in total. The number of benzene rings is 1. The maximum Gasteiger partial charge on any atom is 0.240 e. The Morgan fingerprint density at radius 1 is 1.12 bits per heavy atom. The first-order chi connectivity index (χ1) is 12.2. The Kier molecular flexibility index (Phi) is 5.05. The lowest BCUT2D eigenvalue weighted by molar-refractivity contribution is -0.131. The van der Waals surface area contributed by atoms with Crippen molar-refractivity contribution in [3.63, 3.8) is 0 Å². The van der Waals surface area contributed by atoms with E-state index in [0.29, 0.717) is 11.8 Å². The van der Waals surface area contributed by atoms with Crippen LogP contribution in [0.2, 0.25) is 0 Å². The van der Waals surface area contributed by atoms with Gasteiger partial charge >= 0.3 is 0 Å². The normalized spacial score (nSPS) is 27.8. The molecule has 6 nitrogen and oxygen atoms in total. The fourth-order valence-corrected chi connectivity index (χ4v) is 4.96. The van der Waals surface area contributed by atoms with Crippen molar-refractivity contribution in [2.75, 3.05) is 55.8 Å². The number of nitrogens with one attached hydrogen (secondary N) is 1. The number of nitrogens with zero attached hydrogens (tertiary/aromatic N) is 3.